The Morgan fingerprint density at radius 3 is 2.87 bits per heavy atom. The lowest BCUT2D eigenvalue weighted by atomic mass is 10.2. The van der Waals surface area contributed by atoms with Crippen LogP contribution >= 0.6 is 0 Å². The third kappa shape index (κ3) is 2.78. The van der Waals surface area contributed by atoms with E-state index in [9.17, 15) is 4.79 Å². The molecule has 3 rings (SSSR count). The fourth-order valence-electron chi connectivity index (χ4n) is 2.95. The predicted molar refractivity (Wildman–Crippen MR) is 86.2 cm³/mol. The molecule has 23 heavy (non-hydrogen) atoms. The topological polar surface area (TPSA) is 89.9 Å². The number of aryl methyl sites for hydroxylation is 1. The van der Waals surface area contributed by atoms with Crippen LogP contribution in [-0.4, -0.2) is 37.2 Å². The number of nitrogens with zero attached hydrogens (tertiary/aromatic N) is 5. The molecule has 2 aromatic heterocycles. The van der Waals surface area contributed by atoms with Crippen molar-refractivity contribution in [3.63, 3.8) is 0 Å². The van der Waals surface area contributed by atoms with Crippen LogP contribution in [0.15, 0.2) is 18.3 Å². The van der Waals surface area contributed by atoms with E-state index in [4.69, 9.17) is 10.7 Å². The van der Waals surface area contributed by atoms with Crippen LogP contribution < -0.4 is 5.73 Å². The monoisotopic (exact) mass is 314 g/mol. The van der Waals surface area contributed by atoms with E-state index in [1.165, 1.54) is 0 Å². The molecule has 1 aliphatic rings. The number of aromatic nitrogens is 4. The molecule has 0 unspecified atom stereocenters. The highest BCUT2D eigenvalue weighted by Gasteiger charge is 2.34. The Bertz CT molecular complexity index is 723. The number of likely N-dealkylation sites (tertiary alicyclic amines) is 1. The van der Waals surface area contributed by atoms with Gasteiger partial charge in [-0.05, 0) is 31.4 Å². The first kappa shape index (κ1) is 15.5. The van der Waals surface area contributed by atoms with Crippen LogP contribution in [0.25, 0.3) is 5.82 Å². The number of hydrogen-bond donors (Lipinski definition) is 1. The molecule has 0 aliphatic carbocycles. The first-order valence-corrected chi connectivity index (χ1v) is 7.94. The molecule has 0 spiro atoms. The van der Waals surface area contributed by atoms with Crippen molar-refractivity contribution in [1.29, 1.82) is 0 Å². The first-order valence-electron chi connectivity index (χ1n) is 7.94. The zero-order valence-corrected chi connectivity index (χ0v) is 13.7. The molecule has 2 aromatic rings. The summed E-state index contributed by atoms with van der Waals surface area (Å²) in [5.41, 5.74) is 6.54. The Hall–Kier alpha value is -2.44. The largest absolute Gasteiger partial charge is 0.351 e. The first-order chi connectivity index (χ1) is 11.0. The van der Waals surface area contributed by atoms with Gasteiger partial charge in [0.05, 0.1) is 6.04 Å². The highest BCUT2D eigenvalue weighted by Crippen LogP contribution is 2.32. The van der Waals surface area contributed by atoms with E-state index in [-0.39, 0.29) is 12.0 Å². The van der Waals surface area contributed by atoms with Gasteiger partial charge in [0.2, 0.25) is 0 Å². The molecule has 1 fully saturated rings. The van der Waals surface area contributed by atoms with Crippen molar-refractivity contribution in [2.24, 2.45) is 5.73 Å². The molecule has 2 amide bonds. The minimum atomic E-state index is -0.411. The lowest BCUT2D eigenvalue weighted by molar-refractivity contribution is 0.200. The van der Waals surface area contributed by atoms with Gasteiger partial charge in [0.1, 0.15) is 0 Å². The van der Waals surface area contributed by atoms with E-state index in [2.05, 4.69) is 23.9 Å². The number of primary amides is 1. The maximum atomic E-state index is 11.7. The number of nitrogens with two attached hydrogens (primary N) is 1. The van der Waals surface area contributed by atoms with E-state index >= 15 is 0 Å². The Morgan fingerprint density at radius 1 is 1.43 bits per heavy atom. The molecule has 0 bridgehead atoms. The van der Waals surface area contributed by atoms with Gasteiger partial charge in [-0.1, -0.05) is 19.9 Å². The molecule has 3 heterocycles. The number of carbonyl (C=O) groups excluding carboxylic acids is 1. The Balaban J connectivity index is 2.12. The van der Waals surface area contributed by atoms with Crippen LogP contribution in [0.1, 0.15) is 55.9 Å². The van der Waals surface area contributed by atoms with E-state index in [0.717, 1.165) is 35.9 Å². The van der Waals surface area contributed by atoms with E-state index in [1.807, 2.05) is 19.1 Å². The summed E-state index contributed by atoms with van der Waals surface area (Å²) in [5, 5.41) is 4.64. The maximum Gasteiger partial charge on any atom is 0.315 e. The zero-order chi connectivity index (χ0) is 16.6. The Labute approximate surface area is 135 Å². The van der Waals surface area contributed by atoms with Crippen LogP contribution in [-0.2, 0) is 0 Å². The second-order valence-electron chi connectivity index (χ2n) is 6.23. The summed E-state index contributed by atoms with van der Waals surface area (Å²) in [7, 11) is 0. The number of rotatable bonds is 3. The average Bonchev–Trinajstić information content (AvgIpc) is 3.14. The number of pyridine rings is 1. The van der Waals surface area contributed by atoms with Gasteiger partial charge in [0, 0.05) is 18.7 Å². The quantitative estimate of drug-likeness (QED) is 0.941. The normalized spacial score (nSPS) is 17.9. The number of amides is 2. The van der Waals surface area contributed by atoms with Crippen molar-refractivity contribution in [3.8, 4) is 5.82 Å². The number of hydrogen-bond acceptors (Lipinski definition) is 4. The van der Waals surface area contributed by atoms with E-state index < -0.39 is 6.03 Å². The highest BCUT2D eigenvalue weighted by atomic mass is 16.2. The molecule has 1 atom stereocenters. The molecule has 0 aromatic carbocycles. The van der Waals surface area contributed by atoms with Crippen LogP contribution in [0, 0.1) is 6.92 Å². The van der Waals surface area contributed by atoms with Gasteiger partial charge in [0.25, 0.3) is 0 Å². The average molecular weight is 314 g/mol. The van der Waals surface area contributed by atoms with Crippen LogP contribution in [0.4, 0.5) is 4.79 Å². The maximum absolute atomic E-state index is 11.7. The zero-order valence-electron chi connectivity index (χ0n) is 13.7. The van der Waals surface area contributed by atoms with Crippen molar-refractivity contribution in [2.75, 3.05) is 6.54 Å². The highest BCUT2D eigenvalue weighted by molar-refractivity contribution is 5.72. The molecule has 7 nitrogen and oxygen atoms in total. The molecule has 0 saturated carbocycles. The molecule has 7 heteroatoms. The summed E-state index contributed by atoms with van der Waals surface area (Å²) in [6.07, 6.45) is 3.49. The second-order valence-corrected chi connectivity index (χ2v) is 6.23. The van der Waals surface area contributed by atoms with Crippen molar-refractivity contribution < 1.29 is 4.79 Å². The van der Waals surface area contributed by atoms with Crippen LogP contribution in [0.2, 0.25) is 0 Å². The summed E-state index contributed by atoms with van der Waals surface area (Å²) in [5.74, 6) is 2.44. The van der Waals surface area contributed by atoms with Gasteiger partial charge in [-0.3, -0.25) is 0 Å². The van der Waals surface area contributed by atoms with Crippen LogP contribution in [0.5, 0.6) is 0 Å². The third-order valence-corrected chi connectivity index (χ3v) is 4.18. The Kier molecular flexibility index (Phi) is 4.02. The fraction of sp³-hybridized carbons (Fsp3) is 0.500. The number of carbonyl (C=O) groups is 1. The smallest absolute Gasteiger partial charge is 0.315 e. The third-order valence-electron chi connectivity index (χ3n) is 4.18. The van der Waals surface area contributed by atoms with Gasteiger partial charge >= 0.3 is 6.03 Å². The predicted octanol–water partition coefficient (Wildman–Crippen LogP) is 2.31. The summed E-state index contributed by atoms with van der Waals surface area (Å²) in [6, 6.07) is 3.33. The number of urea groups is 1. The molecule has 0 radical (unpaired) electrons. The summed E-state index contributed by atoms with van der Waals surface area (Å²) < 4.78 is 1.77. The lowest BCUT2D eigenvalue weighted by Crippen LogP contribution is -2.36. The van der Waals surface area contributed by atoms with Gasteiger partial charge in [-0.25, -0.2) is 14.8 Å². The van der Waals surface area contributed by atoms with Crippen molar-refractivity contribution in [1.82, 2.24) is 24.6 Å². The minimum absolute atomic E-state index is 0.145. The van der Waals surface area contributed by atoms with Crippen molar-refractivity contribution >= 4 is 6.03 Å². The van der Waals surface area contributed by atoms with E-state index in [0.29, 0.717) is 6.54 Å². The lowest BCUT2D eigenvalue weighted by Gasteiger charge is -2.22. The molecule has 1 aliphatic heterocycles. The van der Waals surface area contributed by atoms with Crippen LogP contribution in [0.3, 0.4) is 0 Å². The van der Waals surface area contributed by atoms with Gasteiger partial charge < -0.3 is 10.6 Å². The molecular weight excluding hydrogens is 292 g/mol. The Morgan fingerprint density at radius 2 is 2.22 bits per heavy atom. The molecule has 2 N–H and O–H groups in total. The SMILES string of the molecule is Cc1cccnc1-n1nc(C(C)C)nc1[C@H]1CCCN1C(N)=O. The van der Waals surface area contributed by atoms with Gasteiger partial charge in [-0.15, -0.1) is 5.10 Å². The second kappa shape index (κ2) is 5.98. The molecular formula is C16H22N6O. The standard InChI is InChI=1S/C16H22N6O/c1-10(2)13-19-15(12-7-5-9-21(12)16(17)23)22(20-13)14-11(3)6-4-8-18-14/h4,6,8,10,12H,5,7,9H2,1-3H3,(H2,17,23)/t12-/m1/s1. The summed E-state index contributed by atoms with van der Waals surface area (Å²) in [6.45, 7) is 6.75. The fourth-order valence-corrected chi connectivity index (χ4v) is 2.95. The van der Waals surface area contributed by atoms with Gasteiger partial charge in [0.15, 0.2) is 17.5 Å². The summed E-state index contributed by atoms with van der Waals surface area (Å²) >= 11 is 0. The molecule has 1 saturated heterocycles. The van der Waals surface area contributed by atoms with Crippen molar-refractivity contribution in [2.45, 2.75) is 45.6 Å². The van der Waals surface area contributed by atoms with Crippen molar-refractivity contribution in [3.05, 3.63) is 35.5 Å². The van der Waals surface area contributed by atoms with E-state index in [1.54, 1.807) is 15.8 Å². The van der Waals surface area contributed by atoms with Gasteiger partial charge in [-0.2, -0.15) is 4.68 Å². The summed E-state index contributed by atoms with van der Waals surface area (Å²) in [4.78, 5) is 22.5. The molecule has 122 valence electrons. The minimum Gasteiger partial charge on any atom is -0.351 e.